The zero-order valence-corrected chi connectivity index (χ0v) is 25.9. The average molecular weight is 590 g/mol. The maximum absolute atomic E-state index is 12.6. The number of aromatic nitrogens is 7. The molecule has 5 heterocycles. The molecule has 44 heavy (non-hydrogen) atoms. The van der Waals surface area contributed by atoms with E-state index in [0.717, 1.165) is 29.8 Å². The van der Waals surface area contributed by atoms with Crippen molar-refractivity contribution in [2.45, 2.75) is 53.6 Å². The van der Waals surface area contributed by atoms with Crippen LogP contribution in [0.2, 0.25) is 0 Å². The summed E-state index contributed by atoms with van der Waals surface area (Å²) in [4.78, 5) is 28.8. The minimum atomic E-state index is -0.242. The highest BCUT2D eigenvalue weighted by Crippen LogP contribution is 2.20. The van der Waals surface area contributed by atoms with Gasteiger partial charge in [0, 0.05) is 47.9 Å². The fourth-order valence-electron chi connectivity index (χ4n) is 4.80. The van der Waals surface area contributed by atoms with Crippen LogP contribution in [0.4, 0.5) is 0 Å². The molecular formula is C34H39N9O. The molecular weight excluding hydrogens is 550 g/mol. The van der Waals surface area contributed by atoms with E-state index in [4.69, 9.17) is 0 Å². The Morgan fingerprint density at radius 2 is 1.57 bits per heavy atom. The first-order valence-corrected chi connectivity index (χ1v) is 15.3. The molecule has 1 saturated heterocycles. The molecule has 0 bridgehead atoms. The van der Waals surface area contributed by atoms with E-state index in [9.17, 15) is 10.1 Å². The van der Waals surface area contributed by atoms with Gasteiger partial charge in [-0.3, -0.25) is 9.48 Å². The minimum absolute atomic E-state index is 0.188. The molecule has 1 fully saturated rings. The molecule has 4 aromatic heterocycles. The molecule has 0 saturated carbocycles. The van der Waals surface area contributed by atoms with Crippen molar-refractivity contribution in [3.8, 4) is 40.0 Å². The zero-order valence-electron chi connectivity index (χ0n) is 25.9. The average Bonchev–Trinajstić information content (AvgIpc) is 3.80. The molecule has 226 valence electrons. The molecule has 0 radical (unpaired) electrons. The predicted octanol–water partition coefficient (Wildman–Crippen LogP) is 5.69. The van der Waals surface area contributed by atoms with Gasteiger partial charge in [0.1, 0.15) is 5.69 Å². The maximum Gasteiger partial charge on any atom is 0.267 e. The Bertz CT molecular complexity index is 1730. The van der Waals surface area contributed by atoms with E-state index in [1.807, 2.05) is 69.0 Å². The number of hydrogen-bond acceptors (Lipinski definition) is 8. The van der Waals surface area contributed by atoms with Crippen LogP contribution < -0.4 is 5.56 Å². The van der Waals surface area contributed by atoms with Gasteiger partial charge in [-0.05, 0) is 56.3 Å². The summed E-state index contributed by atoms with van der Waals surface area (Å²) in [7, 11) is 0. The van der Waals surface area contributed by atoms with Crippen molar-refractivity contribution in [2.24, 2.45) is 0 Å². The van der Waals surface area contributed by atoms with Crippen LogP contribution in [0.15, 0.2) is 84.2 Å². The van der Waals surface area contributed by atoms with Crippen molar-refractivity contribution in [2.75, 3.05) is 19.6 Å². The van der Waals surface area contributed by atoms with E-state index < -0.39 is 0 Å². The first kappa shape index (κ1) is 31.9. The Morgan fingerprint density at radius 1 is 0.818 bits per heavy atom. The fourth-order valence-corrected chi connectivity index (χ4v) is 4.80. The van der Waals surface area contributed by atoms with Gasteiger partial charge >= 0.3 is 0 Å². The Morgan fingerprint density at radius 3 is 2.32 bits per heavy atom. The maximum atomic E-state index is 12.6. The first-order valence-electron chi connectivity index (χ1n) is 15.3. The van der Waals surface area contributed by atoms with Crippen LogP contribution in [0.5, 0.6) is 0 Å². The molecule has 0 spiro atoms. The number of pyridine rings is 1. The van der Waals surface area contributed by atoms with Gasteiger partial charge in [0.2, 0.25) is 0 Å². The second kappa shape index (κ2) is 16.0. The second-order valence-electron chi connectivity index (χ2n) is 9.76. The third-order valence-corrected chi connectivity index (χ3v) is 6.96. The zero-order chi connectivity index (χ0) is 31.3. The summed E-state index contributed by atoms with van der Waals surface area (Å²) in [5, 5.41) is 18.2. The van der Waals surface area contributed by atoms with Gasteiger partial charge in [-0.2, -0.15) is 15.5 Å². The summed E-state index contributed by atoms with van der Waals surface area (Å²) in [6.45, 7) is 12.4. The standard InChI is InChI=1S/C30H27N9O.2C2H6/c31-16-22-5-3-6-23(15-22)27-9-10-29(40)39(36-27)21-26-7-4-8-28(35-26)30-32-17-24(18-33-30)25-19-34-38(20-25)14-13-37-11-1-2-12-37;2*1-2/h3-10,15,17-20H,1-2,11-14,21H2;2*1-2H3. The quantitative estimate of drug-likeness (QED) is 0.226. The molecule has 1 aliphatic rings. The lowest BCUT2D eigenvalue weighted by Gasteiger charge is -2.13. The third kappa shape index (κ3) is 8.08. The Kier molecular flexibility index (Phi) is 11.6. The predicted molar refractivity (Wildman–Crippen MR) is 173 cm³/mol. The van der Waals surface area contributed by atoms with E-state index >= 15 is 0 Å². The van der Waals surface area contributed by atoms with E-state index in [1.54, 1.807) is 36.7 Å². The molecule has 10 heteroatoms. The van der Waals surface area contributed by atoms with Gasteiger partial charge in [0.25, 0.3) is 5.56 Å². The number of benzene rings is 1. The topological polar surface area (TPSA) is 118 Å². The monoisotopic (exact) mass is 589 g/mol. The van der Waals surface area contributed by atoms with E-state index in [1.165, 1.54) is 36.7 Å². The van der Waals surface area contributed by atoms with Crippen molar-refractivity contribution >= 4 is 0 Å². The summed E-state index contributed by atoms with van der Waals surface area (Å²) in [5.74, 6) is 0.495. The van der Waals surface area contributed by atoms with Crippen molar-refractivity contribution < 1.29 is 0 Å². The first-order chi connectivity index (χ1) is 21.6. The molecule has 0 unspecified atom stereocenters. The van der Waals surface area contributed by atoms with Gasteiger partial charge in [0.05, 0.1) is 42.3 Å². The van der Waals surface area contributed by atoms with Crippen molar-refractivity contribution in [1.82, 2.24) is 39.4 Å². The third-order valence-electron chi connectivity index (χ3n) is 6.96. The van der Waals surface area contributed by atoms with Crippen LogP contribution in [-0.2, 0) is 13.1 Å². The summed E-state index contributed by atoms with van der Waals surface area (Å²) >= 11 is 0. The minimum Gasteiger partial charge on any atom is -0.301 e. The van der Waals surface area contributed by atoms with Crippen LogP contribution in [0.3, 0.4) is 0 Å². The van der Waals surface area contributed by atoms with E-state index in [0.29, 0.717) is 28.5 Å². The number of rotatable bonds is 8. The van der Waals surface area contributed by atoms with Crippen molar-refractivity contribution in [1.29, 1.82) is 5.26 Å². The highest BCUT2D eigenvalue weighted by molar-refractivity contribution is 5.62. The van der Waals surface area contributed by atoms with Gasteiger partial charge < -0.3 is 4.90 Å². The number of nitrogens with zero attached hydrogens (tertiary/aromatic N) is 9. The van der Waals surface area contributed by atoms with Crippen molar-refractivity contribution in [3.05, 3.63) is 101 Å². The van der Waals surface area contributed by atoms with Gasteiger partial charge in [-0.25, -0.2) is 19.6 Å². The lowest BCUT2D eigenvalue weighted by Crippen LogP contribution is -2.24. The normalized spacial score (nSPS) is 12.4. The molecule has 10 nitrogen and oxygen atoms in total. The second-order valence-corrected chi connectivity index (χ2v) is 9.76. The summed E-state index contributed by atoms with van der Waals surface area (Å²) in [6.07, 6.45) is 10.0. The van der Waals surface area contributed by atoms with E-state index in [-0.39, 0.29) is 12.1 Å². The van der Waals surface area contributed by atoms with Crippen LogP contribution in [0.1, 0.15) is 51.8 Å². The summed E-state index contributed by atoms with van der Waals surface area (Å²) in [5.41, 5.74) is 4.78. The van der Waals surface area contributed by atoms with Crippen LogP contribution in [0.25, 0.3) is 33.9 Å². The van der Waals surface area contributed by atoms with Gasteiger partial charge in [0.15, 0.2) is 5.82 Å². The molecule has 1 aliphatic heterocycles. The Labute approximate surface area is 258 Å². The number of likely N-dealkylation sites (tertiary alicyclic amines) is 1. The number of hydrogen-bond donors (Lipinski definition) is 0. The fraction of sp³-hybridized carbons (Fsp3) is 0.324. The lowest BCUT2D eigenvalue weighted by molar-refractivity contribution is 0.316. The smallest absolute Gasteiger partial charge is 0.267 e. The molecule has 0 amide bonds. The van der Waals surface area contributed by atoms with Gasteiger partial charge in [-0.1, -0.05) is 45.9 Å². The summed E-state index contributed by atoms with van der Waals surface area (Å²) < 4.78 is 3.34. The molecule has 5 aromatic rings. The Balaban J connectivity index is 0.00000106. The van der Waals surface area contributed by atoms with Gasteiger partial charge in [-0.15, -0.1) is 0 Å². The highest BCUT2D eigenvalue weighted by atomic mass is 16.1. The Hall–Kier alpha value is -5.01. The summed E-state index contributed by atoms with van der Waals surface area (Å²) in [6, 6.07) is 17.9. The lowest BCUT2D eigenvalue weighted by atomic mass is 10.1. The van der Waals surface area contributed by atoms with Crippen LogP contribution >= 0.6 is 0 Å². The van der Waals surface area contributed by atoms with Crippen LogP contribution in [-0.4, -0.2) is 59.0 Å². The van der Waals surface area contributed by atoms with Crippen LogP contribution in [0, 0.1) is 11.3 Å². The largest absolute Gasteiger partial charge is 0.301 e. The van der Waals surface area contributed by atoms with E-state index in [2.05, 4.69) is 36.1 Å². The molecule has 0 N–H and O–H groups in total. The van der Waals surface area contributed by atoms with Crippen molar-refractivity contribution in [3.63, 3.8) is 0 Å². The molecule has 1 aromatic carbocycles. The molecule has 0 aliphatic carbocycles. The highest BCUT2D eigenvalue weighted by Gasteiger charge is 2.12. The molecule has 6 rings (SSSR count). The molecule has 0 atom stereocenters. The number of nitriles is 1. The SMILES string of the molecule is CC.CC.N#Cc1cccc(-c2ccc(=O)n(Cc3cccc(-c4ncc(-c5cnn(CCN6CCCC6)c5)cn4)n3)n2)c1.